The highest BCUT2D eigenvalue weighted by molar-refractivity contribution is 5.87. The molecule has 224 valence electrons. The van der Waals surface area contributed by atoms with Crippen molar-refractivity contribution in [2.24, 2.45) is 0 Å². The maximum Gasteiger partial charge on any atom is 0.506 e. The predicted octanol–water partition coefficient (Wildman–Crippen LogP) is 3.71. The number of carbonyl (C=O) groups excluding carboxylic acids is 1. The number of halogens is 1. The molecule has 0 atom stereocenters. The molecule has 2 heterocycles. The van der Waals surface area contributed by atoms with Gasteiger partial charge in [0.15, 0.2) is 5.60 Å². The number of likely N-dealkylation sites (tertiary alicyclic amines) is 1. The third kappa shape index (κ3) is 6.88. The Balaban J connectivity index is 1.21. The molecule has 0 saturated carbocycles. The maximum atomic E-state index is 14.8. The van der Waals surface area contributed by atoms with Crippen molar-refractivity contribution >= 4 is 12.1 Å². The number of aliphatic hydroxyl groups excluding tert-OH is 2. The predicted molar refractivity (Wildman–Crippen MR) is 153 cm³/mol. The minimum absolute atomic E-state index is 0.116. The van der Waals surface area contributed by atoms with Crippen molar-refractivity contribution in [1.82, 2.24) is 20.4 Å². The molecule has 0 spiro atoms. The highest BCUT2D eigenvalue weighted by Crippen LogP contribution is 2.30. The van der Waals surface area contributed by atoms with Gasteiger partial charge < -0.3 is 29.9 Å². The summed E-state index contributed by atoms with van der Waals surface area (Å²) in [5, 5.41) is 34.3. The average molecular weight is 591 g/mol. The third-order valence-corrected chi connectivity index (χ3v) is 7.48. The zero-order chi connectivity index (χ0) is 30.4. The minimum Gasteiger partial charge on any atom is -0.450 e. The van der Waals surface area contributed by atoms with Crippen LogP contribution in [-0.4, -0.2) is 80.4 Å². The molecule has 5 rings (SSSR count). The number of carbonyl (C=O) groups is 2. The van der Waals surface area contributed by atoms with Gasteiger partial charge in [0.1, 0.15) is 5.82 Å². The maximum absolute atomic E-state index is 14.8. The highest BCUT2D eigenvalue weighted by atomic mass is 19.1. The van der Waals surface area contributed by atoms with Crippen molar-refractivity contribution in [3.05, 3.63) is 84.2 Å². The van der Waals surface area contributed by atoms with Crippen molar-refractivity contribution in [2.75, 3.05) is 26.3 Å². The SMILES string of the molecule is O=C(O)OC1(C(=O)NC(CO)CO)CCN(Cc2ccc(-c3noc(-c4ccc(-c5ccccc5)c(F)c4)n3)cc2)CC1. The second-order valence-electron chi connectivity index (χ2n) is 10.4. The third-order valence-electron chi connectivity index (χ3n) is 7.48. The number of piperidine rings is 1. The molecule has 0 aliphatic carbocycles. The monoisotopic (exact) mass is 590 g/mol. The Bertz CT molecular complexity index is 1550. The first-order valence-corrected chi connectivity index (χ1v) is 13.8. The summed E-state index contributed by atoms with van der Waals surface area (Å²) < 4.78 is 25.3. The zero-order valence-corrected chi connectivity index (χ0v) is 23.1. The number of amides is 1. The van der Waals surface area contributed by atoms with Crippen LogP contribution in [-0.2, 0) is 16.1 Å². The Morgan fingerprint density at radius 1 is 0.977 bits per heavy atom. The largest absolute Gasteiger partial charge is 0.506 e. The first-order chi connectivity index (χ1) is 20.8. The number of nitrogens with one attached hydrogen (secondary N) is 1. The summed E-state index contributed by atoms with van der Waals surface area (Å²) in [7, 11) is 0. The molecule has 43 heavy (non-hydrogen) atoms. The fourth-order valence-corrected chi connectivity index (χ4v) is 5.06. The van der Waals surface area contributed by atoms with Crippen LogP contribution in [0.4, 0.5) is 9.18 Å². The fourth-order valence-electron chi connectivity index (χ4n) is 5.06. The lowest BCUT2D eigenvalue weighted by atomic mass is 9.89. The number of aromatic nitrogens is 2. The fraction of sp³-hybridized carbons (Fsp3) is 0.290. The molecule has 4 aromatic rings. The van der Waals surface area contributed by atoms with Gasteiger partial charge in [-0.2, -0.15) is 4.98 Å². The lowest BCUT2D eigenvalue weighted by Crippen LogP contribution is -2.58. The quantitative estimate of drug-likeness (QED) is 0.201. The number of benzene rings is 3. The number of aliphatic hydroxyl groups is 2. The topological polar surface area (TPSA) is 158 Å². The summed E-state index contributed by atoms with van der Waals surface area (Å²) in [5.74, 6) is -0.511. The van der Waals surface area contributed by atoms with Crippen LogP contribution in [0.25, 0.3) is 34.0 Å². The second-order valence-corrected chi connectivity index (χ2v) is 10.4. The number of carboxylic acid groups (broad SMARTS) is 1. The summed E-state index contributed by atoms with van der Waals surface area (Å²) >= 11 is 0. The van der Waals surface area contributed by atoms with Crippen molar-refractivity contribution in [3.8, 4) is 34.0 Å². The number of nitrogens with zero attached hydrogens (tertiary/aromatic N) is 3. The molecule has 1 aliphatic rings. The van der Waals surface area contributed by atoms with Gasteiger partial charge in [0.05, 0.1) is 19.3 Å². The number of ether oxygens (including phenoxy) is 1. The molecule has 11 nitrogen and oxygen atoms in total. The van der Waals surface area contributed by atoms with Crippen LogP contribution in [0.15, 0.2) is 77.3 Å². The number of hydrogen-bond donors (Lipinski definition) is 4. The molecule has 1 amide bonds. The normalized spacial score (nSPS) is 14.9. The van der Waals surface area contributed by atoms with Gasteiger partial charge in [-0.15, -0.1) is 0 Å². The summed E-state index contributed by atoms with van der Waals surface area (Å²) in [6, 6.07) is 20.7. The van der Waals surface area contributed by atoms with E-state index in [-0.39, 0.29) is 18.7 Å². The van der Waals surface area contributed by atoms with Gasteiger partial charge in [0.25, 0.3) is 11.8 Å². The van der Waals surface area contributed by atoms with E-state index < -0.39 is 42.7 Å². The van der Waals surface area contributed by atoms with Gasteiger partial charge >= 0.3 is 6.16 Å². The molecule has 0 bridgehead atoms. The molecule has 3 aromatic carbocycles. The van der Waals surface area contributed by atoms with E-state index in [0.29, 0.717) is 42.1 Å². The highest BCUT2D eigenvalue weighted by Gasteiger charge is 2.45. The van der Waals surface area contributed by atoms with E-state index in [1.54, 1.807) is 12.1 Å². The second kappa shape index (κ2) is 13.1. The van der Waals surface area contributed by atoms with Crippen LogP contribution >= 0.6 is 0 Å². The van der Waals surface area contributed by atoms with Crippen LogP contribution in [0.1, 0.15) is 18.4 Å². The lowest BCUT2D eigenvalue weighted by molar-refractivity contribution is -0.149. The Hall–Kier alpha value is -4.65. The van der Waals surface area contributed by atoms with E-state index in [9.17, 15) is 29.3 Å². The Labute approximate surface area is 246 Å². The van der Waals surface area contributed by atoms with Gasteiger partial charge in [-0.25, -0.2) is 9.18 Å². The van der Waals surface area contributed by atoms with Gasteiger partial charge in [0.2, 0.25) is 5.82 Å². The van der Waals surface area contributed by atoms with Crippen LogP contribution in [0.5, 0.6) is 0 Å². The molecular weight excluding hydrogens is 559 g/mol. The van der Waals surface area contributed by atoms with E-state index in [4.69, 9.17) is 9.26 Å². The first-order valence-electron chi connectivity index (χ1n) is 13.8. The summed E-state index contributed by atoms with van der Waals surface area (Å²) in [5.41, 5.74) is 1.81. The van der Waals surface area contributed by atoms with Gasteiger partial charge in [-0.05, 0) is 23.3 Å². The summed E-state index contributed by atoms with van der Waals surface area (Å²) in [4.78, 5) is 30.7. The smallest absolute Gasteiger partial charge is 0.450 e. The van der Waals surface area contributed by atoms with Crippen molar-refractivity contribution in [2.45, 2.75) is 31.0 Å². The molecule has 0 unspecified atom stereocenters. The van der Waals surface area contributed by atoms with E-state index >= 15 is 0 Å². The molecule has 1 aromatic heterocycles. The summed E-state index contributed by atoms with van der Waals surface area (Å²) in [6.07, 6.45) is -1.33. The standard InChI is InChI=1S/C31H31FN4O7/c32-26-16-23(10-11-25(26)21-4-2-1-3-5-21)28-34-27(35-43-28)22-8-6-20(7-9-22)17-36-14-12-31(13-15-36,42-30(40)41)29(39)33-24(18-37)19-38/h1-11,16,24,37-38H,12-15,17-19H2,(H,33,39)(H,40,41). The molecule has 1 saturated heterocycles. The van der Waals surface area contributed by atoms with Crippen molar-refractivity contribution in [1.29, 1.82) is 0 Å². The van der Waals surface area contributed by atoms with Crippen LogP contribution in [0, 0.1) is 5.82 Å². The molecule has 1 aliphatic heterocycles. The Kier molecular flexibility index (Phi) is 9.10. The van der Waals surface area contributed by atoms with Crippen LogP contribution < -0.4 is 5.32 Å². The molecular formula is C31H31FN4O7. The number of hydrogen-bond acceptors (Lipinski definition) is 9. The van der Waals surface area contributed by atoms with Crippen LogP contribution in [0.3, 0.4) is 0 Å². The summed E-state index contributed by atoms with van der Waals surface area (Å²) in [6.45, 7) is 0.349. The van der Waals surface area contributed by atoms with E-state index in [0.717, 1.165) is 11.1 Å². The Morgan fingerprint density at radius 2 is 1.65 bits per heavy atom. The average Bonchev–Trinajstić information content (AvgIpc) is 3.52. The lowest BCUT2D eigenvalue weighted by Gasteiger charge is -2.39. The Morgan fingerprint density at radius 3 is 2.28 bits per heavy atom. The molecule has 12 heteroatoms. The van der Waals surface area contributed by atoms with Crippen molar-refractivity contribution in [3.63, 3.8) is 0 Å². The first kappa shape index (κ1) is 29.8. The van der Waals surface area contributed by atoms with E-state index in [2.05, 4.69) is 20.4 Å². The van der Waals surface area contributed by atoms with Gasteiger partial charge in [-0.3, -0.25) is 9.69 Å². The minimum atomic E-state index is -1.60. The van der Waals surface area contributed by atoms with Crippen LogP contribution in [0.2, 0.25) is 0 Å². The van der Waals surface area contributed by atoms with Gasteiger partial charge in [-0.1, -0.05) is 65.8 Å². The molecule has 0 radical (unpaired) electrons. The van der Waals surface area contributed by atoms with E-state index in [1.807, 2.05) is 54.6 Å². The zero-order valence-electron chi connectivity index (χ0n) is 23.1. The van der Waals surface area contributed by atoms with Crippen molar-refractivity contribution < 1.29 is 38.6 Å². The van der Waals surface area contributed by atoms with Gasteiger partial charge in [0, 0.05) is 49.2 Å². The molecule has 1 fully saturated rings. The number of rotatable bonds is 10. The molecule has 4 N–H and O–H groups in total. The van der Waals surface area contributed by atoms with E-state index in [1.165, 1.54) is 6.07 Å².